The highest BCUT2D eigenvalue weighted by Gasteiger charge is 2.10. The molecule has 2 N–H and O–H groups in total. The second-order valence-electron chi connectivity index (χ2n) is 3.47. The number of hydrogen-bond acceptors (Lipinski definition) is 3. The zero-order valence-electron chi connectivity index (χ0n) is 8.58. The lowest BCUT2D eigenvalue weighted by Gasteiger charge is -2.06. The fraction of sp³-hybridized carbons (Fsp3) is 0.182. The Balaban J connectivity index is 2.42. The number of aromatic nitrogens is 1. The summed E-state index contributed by atoms with van der Waals surface area (Å²) in [5.74, 6) is 0.258. The number of rotatable bonds is 2. The molecule has 16 heavy (non-hydrogen) atoms. The van der Waals surface area contributed by atoms with Gasteiger partial charge in [0.15, 0.2) is 0 Å². The number of anilines is 1. The van der Waals surface area contributed by atoms with Crippen molar-refractivity contribution in [2.24, 2.45) is 0 Å². The largest absolute Gasteiger partial charge is 0.368 e. The lowest BCUT2D eigenvalue weighted by molar-refractivity contribution is 0.373. The molecule has 2 aromatic rings. The van der Waals surface area contributed by atoms with Gasteiger partial charge in [0, 0.05) is 16.1 Å². The van der Waals surface area contributed by atoms with Crippen LogP contribution in [0.15, 0.2) is 33.3 Å². The van der Waals surface area contributed by atoms with Crippen molar-refractivity contribution in [2.45, 2.75) is 13.1 Å². The zero-order chi connectivity index (χ0) is 11.7. The minimum atomic E-state index is -1.01. The van der Waals surface area contributed by atoms with Crippen molar-refractivity contribution in [3.8, 4) is 11.3 Å². The summed E-state index contributed by atoms with van der Waals surface area (Å²) in [7, 11) is 0. The average molecular weight is 285 g/mol. The summed E-state index contributed by atoms with van der Waals surface area (Å²) in [6.45, 7) is 1.49. The van der Waals surface area contributed by atoms with Crippen molar-refractivity contribution in [1.29, 1.82) is 0 Å². The van der Waals surface area contributed by atoms with Crippen LogP contribution in [0.4, 0.5) is 10.3 Å². The van der Waals surface area contributed by atoms with Gasteiger partial charge in [-0.25, -0.2) is 4.39 Å². The highest BCUT2D eigenvalue weighted by Crippen LogP contribution is 2.30. The van der Waals surface area contributed by atoms with Gasteiger partial charge in [0.1, 0.15) is 11.9 Å². The van der Waals surface area contributed by atoms with E-state index in [-0.39, 0.29) is 5.88 Å². The smallest absolute Gasteiger partial charge is 0.222 e. The maximum absolute atomic E-state index is 13.1. The third kappa shape index (κ3) is 2.09. The van der Waals surface area contributed by atoms with Gasteiger partial charge in [-0.2, -0.15) is 0 Å². The van der Waals surface area contributed by atoms with Crippen LogP contribution in [0.5, 0.6) is 0 Å². The molecule has 0 aliphatic rings. The van der Waals surface area contributed by atoms with Crippen molar-refractivity contribution < 1.29 is 8.91 Å². The minimum Gasteiger partial charge on any atom is -0.368 e. The van der Waals surface area contributed by atoms with Gasteiger partial charge in [-0.15, -0.1) is 0 Å². The van der Waals surface area contributed by atoms with Crippen LogP contribution in [0.1, 0.15) is 18.7 Å². The quantitative estimate of drug-likeness (QED) is 0.914. The molecule has 5 heteroatoms. The fourth-order valence-corrected chi connectivity index (χ4v) is 2.13. The van der Waals surface area contributed by atoms with Crippen LogP contribution in [0.3, 0.4) is 0 Å². The number of nitrogens with zero attached hydrogens (tertiary/aromatic N) is 1. The third-order valence-electron chi connectivity index (χ3n) is 2.25. The summed E-state index contributed by atoms with van der Waals surface area (Å²) < 4.78 is 18.6. The summed E-state index contributed by atoms with van der Waals surface area (Å²) in [5, 5.41) is 3.79. The molecule has 3 nitrogen and oxygen atoms in total. The second-order valence-corrected chi connectivity index (χ2v) is 4.32. The summed E-state index contributed by atoms with van der Waals surface area (Å²) in [5.41, 5.74) is 7.51. The van der Waals surface area contributed by atoms with Gasteiger partial charge in [0.05, 0.1) is 0 Å². The molecule has 0 saturated carbocycles. The van der Waals surface area contributed by atoms with Gasteiger partial charge in [0.2, 0.25) is 5.88 Å². The van der Waals surface area contributed by atoms with E-state index in [1.54, 1.807) is 24.3 Å². The molecule has 1 heterocycles. The number of alkyl halides is 1. The maximum atomic E-state index is 13.1. The lowest BCUT2D eigenvalue weighted by atomic mass is 10.1. The van der Waals surface area contributed by atoms with Crippen LogP contribution < -0.4 is 5.73 Å². The Morgan fingerprint density at radius 2 is 2.19 bits per heavy atom. The summed E-state index contributed by atoms with van der Waals surface area (Å²) >= 11 is 3.32. The number of halogens is 2. The highest BCUT2D eigenvalue weighted by molar-refractivity contribution is 9.10. The van der Waals surface area contributed by atoms with Crippen LogP contribution >= 0.6 is 15.9 Å². The van der Waals surface area contributed by atoms with Crippen LogP contribution in [-0.2, 0) is 0 Å². The molecule has 1 aromatic carbocycles. The monoisotopic (exact) mass is 284 g/mol. The van der Waals surface area contributed by atoms with Crippen LogP contribution in [0.2, 0.25) is 0 Å². The number of nitrogen functional groups attached to an aromatic ring is 1. The Hall–Kier alpha value is -1.36. The predicted octanol–water partition coefficient (Wildman–Crippen LogP) is 3.72. The normalized spacial score (nSPS) is 12.7. The Kier molecular flexibility index (Phi) is 2.96. The van der Waals surface area contributed by atoms with Crippen molar-refractivity contribution in [1.82, 2.24) is 5.16 Å². The van der Waals surface area contributed by atoms with E-state index in [1.807, 2.05) is 0 Å². The molecule has 0 bridgehead atoms. The Bertz CT molecular complexity index is 510. The van der Waals surface area contributed by atoms with Crippen molar-refractivity contribution in [3.05, 3.63) is 34.3 Å². The van der Waals surface area contributed by atoms with E-state index >= 15 is 0 Å². The Labute approximate surface area is 101 Å². The standard InChI is InChI=1S/C11H10BrFN2O/c1-6(13)8-3-2-7(4-9(8)12)10-5-11(14)16-15-10/h2-6H,14H2,1H3. The molecule has 84 valence electrons. The minimum absolute atomic E-state index is 0.258. The summed E-state index contributed by atoms with van der Waals surface area (Å²) in [6, 6.07) is 6.92. The van der Waals surface area contributed by atoms with Crippen LogP contribution in [0.25, 0.3) is 11.3 Å². The van der Waals surface area contributed by atoms with Gasteiger partial charge in [-0.3, -0.25) is 0 Å². The van der Waals surface area contributed by atoms with Gasteiger partial charge >= 0.3 is 0 Å². The molecule has 2 rings (SSSR count). The summed E-state index contributed by atoms with van der Waals surface area (Å²) in [4.78, 5) is 0. The molecule has 0 radical (unpaired) electrons. The van der Waals surface area contributed by atoms with Crippen molar-refractivity contribution in [3.63, 3.8) is 0 Å². The number of nitrogens with two attached hydrogens (primary N) is 1. The number of hydrogen-bond donors (Lipinski definition) is 1. The molecule has 1 aromatic heterocycles. The molecular weight excluding hydrogens is 275 g/mol. The molecule has 1 unspecified atom stereocenters. The Morgan fingerprint density at radius 1 is 1.44 bits per heavy atom. The summed E-state index contributed by atoms with van der Waals surface area (Å²) in [6.07, 6.45) is -1.01. The molecule has 0 spiro atoms. The second kappa shape index (κ2) is 4.25. The maximum Gasteiger partial charge on any atom is 0.222 e. The van der Waals surface area contributed by atoms with E-state index in [4.69, 9.17) is 10.3 Å². The topological polar surface area (TPSA) is 52.0 Å². The van der Waals surface area contributed by atoms with Gasteiger partial charge < -0.3 is 10.3 Å². The first-order valence-electron chi connectivity index (χ1n) is 4.74. The van der Waals surface area contributed by atoms with Crippen molar-refractivity contribution >= 4 is 21.8 Å². The zero-order valence-corrected chi connectivity index (χ0v) is 10.2. The van der Waals surface area contributed by atoms with E-state index in [9.17, 15) is 4.39 Å². The third-order valence-corrected chi connectivity index (χ3v) is 2.94. The number of benzene rings is 1. The molecule has 0 fully saturated rings. The van der Waals surface area contributed by atoms with E-state index in [0.29, 0.717) is 15.7 Å². The van der Waals surface area contributed by atoms with E-state index in [2.05, 4.69) is 21.1 Å². The first-order chi connectivity index (χ1) is 7.58. The lowest BCUT2D eigenvalue weighted by Crippen LogP contribution is -1.88. The molecule has 0 aliphatic heterocycles. The molecule has 0 saturated heterocycles. The van der Waals surface area contributed by atoms with Crippen molar-refractivity contribution in [2.75, 3.05) is 5.73 Å². The van der Waals surface area contributed by atoms with Gasteiger partial charge in [-0.05, 0) is 18.6 Å². The fourth-order valence-electron chi connectivity index (χ4n) is 1.43. The van der Waals surface area contributed by atoms with E-state index in [0.717, 1.165) is 5.56 Å². The molecular formula is C11H10BrFN2O. The SMILES string of the molecule is CC(F)c1ccc(-c2cc(N)on2)cc1Br. The van der Waals surface area contributed by atoms with Gasteiger partial charge in [-0.1, -0.05) is 33.2 Å². The van der Waals surface area contributed by atoms with Gasteiger partial charge in [0.25, 0.3) is 0 Å². The Morgan fingerprint density at radius 3 is 2.69 bits per heavy atom. The van der Waals surface area contributed by atoms with E-state index in [1.165, 1.54) is 6.92 Å². The first-order valence-corrected chi connectivity index (χ1v) is 5.53. The molecule has 0 aliphatic carbocycles. The average Bonchev–Trinajstić information content (AvgIpc) is 2.64. The highest BCUT2D eigenvalue weighted by atomic mass is 79.9. The van der Waals surface area contributed by atoms with Crippen LogP contribution in [-0.4, -0.2) is 5.16 Å². The molecule has 1 atom stereocenters. The molecule has 0 amide bonds. The predicted molar refractivity (Wildman–Crippen MR) is 63.6 cm³/mol. The first kappa shape index (κ1) is 11.1. The van der Waals surface area contributed by atoms with Crippen LogP contribution in [0, 0.1) is 0 Å². The van der Waals surface area contributed by atoms with E-state index < -0.39 is 6.17 Å².